The van der Waals surface area contributed by atoms with Gasteiger partial charge in [0.1, 0.15) is 35.9 Å². The van der Waals surface area contributed by atoms with Gasteiger partial charge in [0.2, 0.25) is 0 Å². The van der Waals surface area contributed by atoms with Gasteiger partial charge in [0.15, 0.2) is 5.82 Å². The second kappa shape index (κ2) is 7.26. The highest BCUT2D eigenvalue weighted by atomic mass is 35.5. The summed E-state index contributed by atoms with van der Waals surface area (Å²) in [6.45, 7) is 1.82. The van der Waals surface area contributed by atoms with Crippen molar-refractivity contribution in [2.75, 3.05) is 11.1 Å². The summed E-state index contributed by atoms with van der Waals surface area (Å²) < 4.78 is 6.34. The standard InChI is InChI=1S/C19H14ClN7O2/c1-10(25-18-12(8-21)17(22)23-9-24-18)14-7-11-3-2-4-13(20)16(11)19(28)27(14)15-5-6-29-26-15/h2-7,9-10H,1H3,(H3,22,23,24,25)/t10-/m0/s1. The molecule has 0 bridgehead atoms. The molecular formula is C19H14ClN7O2. The minimum Gasteiger partial charge on any atom is -0.382 e. The van der Waals surface area contributed by atoms with Gasteiger partial charge < -0.3 is 15.6 Å². The van der Waals surface area contributed by atoms with E-state index in [0.717, 1.165) is 0 Å². The van der Waals surface area contributed by atoms with Gasteiger partial charge in [0, 0.05) is 6.07 Å². The van der Waals surface area contributed by atoms with Gasteiger partial charge in [-0.1, -0.05) is 28.9 Å². The molecule has 0 aliphatic heterocycles. The molecule has 4 rings (SSSR count). The number of nitriles is 1. The van der Waals surface area contributed by atoms with Crippen LogP contribution in [-0.2, 0) is 0 Å². The number of rotatable bonds is 4. The molecule has 10 heteroatoms. The largest absolute Gasteiger partial charge is 0.382 e. The van der Waals surface area contributed by atoms with Gasteiger partial charge in [-0.25, -0.2) is 9.97 Å². The zero-order chi connectivity index (χ0) is 20.5. The van der Waals surface area contributed by atoms with E-state index in [0.29, 0.717) is 27.3 Å². The number of benzene rings is 1. The first-order chi connectivity index (χ1) is 14.0. The van der Waals surface area contributed by atoms with Gasteiger partial charge in [-0.05, 0) is 24.4 Å². The van der Waals surface area contributed by atoms with E-state index in [1.54, 1.807) is 24.3 Å². The summed E-state index contributed by atoms with van der Waals surface area (Å²) in [5, 5.41) is 17.8. The number of fused-ring (bicyclic) bond motifs is 1. The van der Waals surface area contributed by atoms with Crippen molar-refractivity contribution in [2.45, 2.75) is 13.0 Å². The first kappa shape index (κ1) is 18.5. The SMILES string of the molecule is C[C@H](Nc1ncnc(N)c1C#N)c1cc2cccc(Cl)c2c(=O)n1-c1ccon1. The van der Waals surface area contributed by atoms with Crippen LogP contribution in [0, 0.1) is 11.3 Å². The third-order valence-corrected chi connectivity index (χ3v) is 4.78. The quantitative estimate of drug-likeness (QED) is 0.526. The summed E-state index contributed by atoms with van der Waals surface area (Å²) in [4.78, 5) is 21.2. The second-order valence-corrected chi connectivity index (χ2v) is 6.64. The molecule has 0 saturated heterocycles. The molecule has 3 heterocycles. The van der Waals surface area contributed by atoms with Crippen molar-refractivity contribution in [3.05, 3.63) is 69.6 Å². The fourth-order valence-corrected chi connectivity index (χ4v) is 3.38. The van der Waals surface area contributed by atoms with Crippen molar-refractivity contribution < 1.29 is 4.52 Å². The van der Waals surface area contributed by atoms with Gasteiger partial charge in [-0.2, -0.15) is 5.26 Å². The van der Waals surface area contributed by atoms with Crippen LogP contribution in [0.4, 0.5) is 11.6 Å². The summed E-state index contributed by atoms with van der Waals surface area (Å²) in [6, 6.07) is 10.2. The third kappa shape index (κ3) is 3.15. The summed E-state index contributed by atoms with van der Waals surface area (Å²) in [6.07, 6.45) is 2.63. The molecule has 0 amide bonds. The topological polar surface area (TPSA) is 136 Å². The molecule has 1 atom stereocenters. The molecule has 1 aromatic carbocycles. The molecule has 9 nitrogen and oxygen atoms in total. The molecule has 29 heavy (non-hydrogen) atoms. The number of hydrogen-bond donors (Lipinski definition) is 2. The Labute approximate surface area is 169 Å². The highest BCUT2D eigenvalue weighted by Crippen LogP contribution is 2.27. The third-order valence-electron chi connectivity index (χ3n) is 4.46. The molecule has 0 unspecified atom stereocenters. The van der Waals surface area contributed by atoms with Crippen LogP contribution in [-0.4, -0.2) is 19.7 Å². The van der Waals surface area contributed by atoms with Crippen molar-refractivity contribution in [3.63, 3.8) is 0 Å². The van der Waals surface area contributed by atoms with Crippen molar-refractivity contribution in [1.82, 2.24) is 19.7 Å². The van der Waals surface area contributed by atoms with Gasteiger partial charge in [-0.15, -0.1) is 0 Å². The molecule has 0 radical (unpaired) electrons. The maximum Gasteiger partial charge on any atom is 0.266 e. The van der Waals surface area contributed by atoms with Crippen LogP contribution in [0.25, 0.3) is 16.6 Å². The van der Waals surface area contributed by atoms with Crippen molar-refractivity contribution in [2.24, 2.45) is 0 Å². The molecule has 3 aromatic heterocycles. The van der Waals surface area contributed by atoms with Crippen molar-refractivity contribution in [3.8, 4) is 11.9 Å². The number of anilines is 2. The lowest BCUT2D eigenvalue weighted by atomic mass is 10.1. The number of nitrogens with one attached hydrogen (secondary N) is 1. The van der Waals surface area contributed by atoms with Gasteiger partial charge in [-0.3, -0.25) is 9.36 Å². The maximum absolute atomic E-state index is 13.3. The van der Waals surface area contributed by atoms with Gasteiger partial charge in [0.25, 0.3) is 5.56 Å². The Morgan fingerprint density at radius 1 is 1.34 bits per heavy atom. The van der Waals surface area contributed by atoms with E-state index in [-0.39, 0.29) is 22.8 Å². The predicted octanol–water partition coefficient (Wildman–Crippen LogP) is 3.05. The summed E-state index contributed by atoms with van der Waals surface area (Å²) in [5.41, 5.74) is 6.12. The van der Waals surface area contributed by atoms with Crippen LogP contribution in [0.1, 0.15) is 24.2 Å². The fourth-order valence-electron chi connectivity index (χ4n) is 3.11. The van der Waals surface area contributed by atoms with Gasteiger partial charge >= 0.3 is 0 Å². The molecule has 3 N–H and O–H groups in total. The number of nitrogens with two attached hydrogens (primary N) is 1. The fraction of sp³-hybridized carbons (Fsp3) is 0.105. The zero-order valence-corrected chi connectivity index (χ0v) is 15.9. The van der Waals surface area contributed by atoms with E-state index in [9.17, 15) is 10.1 Å². The van der Waals surface area contributed by atoms with Crippen LogP contribution >= 0.6 is 11.6 Å². The van der Waals surface area contributed by atoms with E-state index in [2.05, 4.69) is 20.4 Å². The number of pyridine rings is 1. The zero-order valence-electron chi connectivity index (χ0n) is 15.1. The maximum atomic E-state index is 13.3. The average Bonchev–Trinajstić information content (AvgIpc) is 3.22. The highest BCUT2D eigenvalue weighted by molar-refractivity contribution is 6.35. The number of aromatic nitrogens is 4. The first-order valence-corrected chi connectivity index (χ1v) is 8.91. The lowest BCUT2D eigenvalue weighted by Crippen LogP contribution is -2.26. The van der Waals surface area contributed by atoms with Crippen molar-refractivity contribution >= 4 is 34.0 Å². The average molecular weight is 408 g/mol. The van der Waals surface area contributed by atoms with E-state index >= 15 is 0 Å². The minimum absolute atomic E-state index is 0.0661. The van der Waals surface area contributed by atoms with E-state index in [4.69, 9.17) is 21.9 Å². The van der Waals surface area contributed by atoms with Crippen LogP contribution in [0.2, 0.25) is 5.02 Å². The first-order valence-electron chi connectivity index (χ1n) is 8.53. The molecule has 0 aliphatic rings. The molecule has 4 aromatic rings. The lowest BCUT2D eigenvalue weighted by Gasteiger charge is -2.20. The molecular weight excluding hydrogens is 394 g/mol. The number of nitrogen functional groups attached to an aromatic ring is 1. The molecule has 0 spiro atoms. The number of halogens is 1. The van der Waals surface area contributed by atoms with E-state index in [1.807, 2.05) is 19.1 Å². The molecule has 144 valence electrons. The second-order valence-electron chi connectivity index (χ2n) is 6.23. The Morgan fingerprint density at radius 2 is 2.17 bits per heavy atom. The predicted molar refractivity (Wildman–Crippen MR) is 108 cm³/mol. The highest BCUT2D eigenvalue weighted by Gasteiger charge is 2.20. The van der Waals surface area contributed by atoms with Crippen LogP contribution in [0.15, 0.2) is 52.2 Å². The molecule has 0 fully saturated rings. The Bertz CT molecular complexity index is 1310. The normalized spacial score (nSPS) is 11.9. The Kier molecular flexibility index (Phi) is 4.62. The summed E-state index contributed by atoms with van der Waals surface area (Å²) in [7, 11) is 0. The Hall–Kier alpha value is -3.90. The lowest BCUT2D eigenvalue weighted by molar-refractivity contribution is 0.415. The molecule has 0 aliphatic carbocycles. The Morgan fingerprint density at radius 3 is 2.90 bits per heavy atom. The summed E-state index contributed by atoms with van der Waals surface area (Å²) >= 11 is 6.27. The Balaban J connectivity index is 1.92. The number of hydrogen-bond acceptors (Lipinski definition) is 8. The number of nitrogens with zero attached hydrogens (tertiary/aromatic N) is 5. The van der Waals surface area contributed by atoms with Crippen molar-refractivity contribution in [1.29, 1.82) is 5.26 Å². The van der Waals surface area contributed by atoms with E-state index in [1.165, 1.54) is 17.2 Å². The minimum atomic E-state index is -0.454. The molecule has 0 saturated carbocycles. The van der Waals surface area contributed by atoms with Crippen LogP contribution in [0.5, 0.6) is 0 Å². The van der Waals surface area contributed by atoms with Crippen LogP contribution in [0.3, 0.4) is 0 Å². The van der Waals surface area contributed by atoms with Gasteiger partial charge in [0.05, 0.1) is 22.1 Å². The van der Waals surface area contributed by atoms with Crippen LogP contribution < -0.4 is 16.6 Å². The monoisotopic (exact) mass is 407 g/mol. The smallest absolute Gasteiger partial charge is 0.266 e. The summed E-state index contributed by atoms with van der Waals surface area (Å²) in [5.74, 6) is 0.636. The van der Waals surface area contributed by atoms with E-state index < -0.39 is 6.04 Å².